The van der Waals surface area contributed by atoms with Crippen molar-refractivity contribution in [2.45, 2.75) is 0 Å². The van der Waals surface area contributed by atoms with Crippen molar-refractivity contribution in [3.05, 3.63) is 84.4 Å². The number of hydrogen-bond acceptors (Lipinski definition) is 4. The topological polar surface area (TPSA) is 68.1 Å². The largest absolute Gasteiger partial charge is 0.466 e. The Balaban J connectivity index is 1.70. The van der Waals surface area contributed by atoms with Crippen molar-refractivity contribution in [2.75, 3.05) is 7.11 Å². The number of aromatic amines is 1. The van der Waals surface area contributed by atoms with E-state index in [2.05, 4.69) is 4.98 Å². The molecule has 0 aliphatic carbocycles. The smallest absolute Gasteiger partial charge is 0.330 e. The third-order valence-corrected chi connectivity index (χ3v) is 5.01. The van der Waals surface area contributed by atoms with Gasteiger partial charge in [0.15, 0.2) is 0 Å². The van der Waals surface area contributed by atoms with E-state index in [1.165, 1.54) is 13.2 Å². The molecule has 5 rings (SSSR count). The maximum atomic E-state index is 11.7. The summed E-state index contributed by atoms with van der Waals surface area (Å²) in [5.74, 6) is 1.06. The van der Waals surface area contributed by atoms with Crippen molar-refractivity contribution < 1.29 is 13.9 Å². The van der Waals surface area contributed by atoms with Gasteiger partial charge in [-0.15, -0.1) is 0 Å². The van der Waals surface area contributed by atoms with Gasteiger partial charge < -0.3 is 14.1 Å². The summed E-state index contributed by atoms with van der Waals surface area (Å²) in [5, 5.41) is 0.895. The zero-order valence-corrected chi connectivity index (χ0v) is 16.3. The maximum Gasteiger partial charge on any atom is 0.330 e. The van der Waals surface area contributed by atoms with Crippen LogP contribution in [0.5, 0.6) is 0 Å². The summed E-state index contributed by atoms with van der Waals surface area (Å²) < 4.78 is 10.9. The molecule has 0 aliphatic heterocycles. The van der Waals surface area contributed by atoms with Crippen molar-refractivity contribution in [1.29, 1.82) is 0 Å². The number of rotatable bonds is 4. The first kappa shape index (κ1) is 17.9. The SMILES string of the molecule is COC(=O)/C=C/c1c(-c2ccccc2)oc2ccc(-c3nc4ccccc4[nH]3)cc12. The number of nitrogens with one attached hydrogen (secondary N) is 1. The van der Waals surface area contributed by atoms with Crippen LogP contribution >= 0.6 is 0 Å². The van der Waals surface area contributed by atoms with E-state index in [9.17, 15) is 4.79 Å². The second-order valence-corrected chi connectivity index (χ2v) is 6.88. The molecule has 5 heteroatoms. The number of imidazole rings is 1. The number of aromatic nitrogens is 2. The number of hydrogen-bond donors (Lipinski definition) is 1. The Labute approximate surface area is 172 Å². The number of fused-ring (bicyclic) bond motifs is 2. The zero-order valence-electron chi connectivity index (χ0n) is 16.3. The normalized spacial score (nSPS) is 11.5. The average Bonchev–Trinajstić information content (AvgIpc) is 3.39. The van der Waals surface area contributed by atoms with E-state index in [0.717, 1.165) is 44.5 Å². The van der Waals surface area contributed by atoms with E-state index in [4.69, 9.17) is 14.1 Å². The fraction of sp³-hybridized carbons (Fsp3) is 0.0400. The number of ether oxygens (including phenoxy) is 1. The predicted molar refractivity (Wildman–Crippen MR) is 118 cm³/mol. The molecule has 5 aromatic rings. The Kier molecular flexibility index (Phi) is 4.41. The van der Waals surface area contributed by atoms with Crippen LogP contribution < -0.4 is 0 Å². The van der Waals surface area contributed by atoms with Crippen molar-refractivity contribution in [2.24, 2.45) is 0 Å². The number of carbonyl (C=O) groups is 1. The van der Waals surface area contributed by atoms with Crippen LogP contribution in [-0.2, 0) is 9.53 Å². The molecule has 0 unspecified atom stereocenters. The highest BCUT2D eigenvalue weighted by Crippen LogP contribution is 2.36. The Morgan fingerprint density at radius 3 is 2.60 bits per heavy atom. The number of nitrogens with zero attached hydrogens (tertiary/aromatic N) is 1. The molecule has 0 spiro atoms. The minimum Gasteiger partial charge on any atom is -0.466 e. The van der Waals surface area contributed by atoms with Gasteiger partial charge in [-0.3, -0.25) is 0 Å². The molecule has 5 nitrogen and oxygen atoms in total. The Morgan fingerprint density at radius 2 is 1.80 bits per heavy atom. The molecule has 2 heterocycles. The minimum absolute atomic E-state index is 0.420. The van der Waals surface area contributed by atoms with Gasteiger partial charge in [-0.05, 0) is 36.4 Å². The van der Waals surface area contributed by atoms with Crippen molar-refractivity contribution in [3.63, 3.8) is 0 Å². The molecule has 2 aromatic heterocycles. The number of methoxy groups -OCH3 is 1. The molecule has 0 saturated heterocycles. The maximum absolute atomic E-state index is 11.7. The summed E-state index contributed by atoms with van der Waals surface area (Å²) in [4.78, 5) is 19.8. The first-order valence-electron chi connectivity index (χ1n) is 9.56. The number of para-hydroxylation sites is 2. The van der Waals surface area contributed by atoms with Gasteiger partial charge in [0.25, 0.3) is 0 Å². The first-order chi connectivity index (χ1) is 14.7. The van der Waals surface area contributed by atoms with E-state index < -0.39 is 5.97 Å². The van der Waals surface area contributed by atoms with Crippen LogP contribution in [0.25, 0.3) is 50.8 Å². The summed E-state index contributed by atoms with van der Waals surface area (Å²) in [5.41, 5.74) is 5.32. The summed E-state index contributed by atoms with van der Waals surface area (Å²) in [6.07, 6.45) is 3.15. The van der Waals surface area contributed by atoms with Gasteiger partial charge in [0.2, 0.25) is 0 Å². The number of H-pyrrole nitrogens is 1. The predicted octanol–water partition coefficient (Wildman–Crippen LogP) is 5.83. The molecular formula is C25H18N2O3. The molecule has 0 radical (unpaired) electrons. The van der Waals surface area contributed by atoms with Gasteiger partial charge in [0.05, 0.1) is 18.1 Å². The molecular weight excluding hydrogens is 376 g/mol. The molecule has 1 N–H and O–H groups in total. The summed E-state index contributed by atoms with van der Waals surface area (Å²) in [6, 6.07) is 23.7. The molecule has 0 aliphatic rings. The fourth-order valence-electron chi connectivity index (χ4n) is 3.54. The van der Waals surface area contributed by atoms with Gasteiger partial charge in [0, 0.05) is 28.2 Å². The molecule has 0 fully saturated rings. The van der Waals surface area contributed by atoms with Crippen LogP contribution in [0.1, 0.15) is 5.56 Å². The second-order valence-electron chi connectivity index (χ2n) is 6.88. The lowest BCUT2D eigenvalue weighted by atomic mass is 10.0. The first-order valence-corrected chi connectivity index (χ1v) is 9.56. The van der Waals surface area contributed by atoms with Crippen LogP contribution in [0, 0.1) is 0 Å². The van der Waals surface area contributed by atoms with E-state index in [-0.39, 0.29) is 0 Å². The highest BCUT2D eigenvalue weighted by molar-refractivity contribution is 5.99. The molecule has 3 aromatic carbocycles. The number of furan rings is 1. The van der Waals surface area contributed by atoms with Crippen LogP contribution in [0.3, 0.4) is 0 Å². The van der Waals surface area contributed by atoms with Crippen molar-refractivity contribution >= 4 is 34.0 Å². The molecule has 0 bridgehead atoms. The highest BCUT2D eigenvalue weighted by Gasteiger charge is 2.16. The zero-order chi connectivity index (χ0) is 20.5. The van der Waals surface area contributed by atoms with Crippen LogP contribution in [0.4, 0.5) is 0 Å². The Hall–Kier alpha value is -4.12. The number of benzene rings is 3. The standard InChI is InChI=1S/C25H18N2O3/c1-29-23(28)14-12-18-19-15-17(25-26-20-9-5-6-10-21(20)27-25)11-13-22(19)30-24(18)16-7-3-2-4-8-16/h2-15H,1H3,(H,26,27)/b14-12+. The number of esters is 1. The van der Waals surface area contributed by atoms with Crippen molar-refractivity contribution in [3.8, 4) is 22.7 Å². The van der Waals surface area contributed by atoms with E-state index >= 15 is 0 Å². The number of carbonyl (C=O) groups excluding carboxylic acids is 1. The summed E-state index contributed by atoms with van der Waals surface area (Å²) >= 11 is 0. The van der Waals surface area contributed by atoms with Gasteiger partial charge >= 0.3 is 5.97 Å². The summed E-state index contributed by atoms with van der Waals surface area (Å²) in [6.45, 7) is 0. The average molecular weight is 394 g/mol. The molecule has 0 atom stereocenters. The van der Waals surface area contributed by atoms with E-state index in [1.807, 2.05) is 72.8 Å². The van der Waals surface area contributed by atoms with E-state index in [1.54, 1.807) is 6.08 Å². The quantitative estimate of drug-likeness (QED) is 0.308. The Morgan fingerprint density at radius 1 is 1.00 bits per heavy atom. The molecule has 0 saturated carbocycles. The Bertz CT molecular complexity index is 1360. The third kappa shape index (κ3) is 3.16. The van der Waals surface area contributed by atoms with E-state index in [0.29, 0.717) is 5.76 Å². The monoisotopic (exact) mass is 394 g/mol. The van der Waals surface area contributed by atoms with Crippen LogP contribution in [0.2, 0.25) is 0 Å². The highest BCUT2D eigenvalue weighted by atomic mass is 16.5. The lowest BCUT2D eigenvalue weighted by molar-refractivity contribution is -0.134. The molecule has 30 heavy (non-hydrogen) atoms. The molecule has 146 valence electrons. The van der Waals surface area contributed by atoms with Gasteiger partial charge in [-0.25, -0.2) is 9.78 Å². The van der Waals surface area contributed by atoms with Crippen LogP contribution in [0.15, 0.2) is 83.3 Å². The third-order valence-electron chi connectivity index (χ3n) is 5.01. The lowest BCUT2D eigenvalue weighted by Gasteiger charge is -2.00. The molecule has 0 amide bonds. The summed E-state index contributed by atoms with van der Waals surface area (Å²) in [7, 11) is 1.36. The van der Waals surface area contributed by atoms with Gasteiger partial charge in [-0.2, -0.15) is 0 Å². The van der Waals surface area contributed by atoms with Gasteiger partial charge in [-0.1, -0.05) is 42.5 Å². The van der Waals surface area contributed by atoms with Crippen LogP contribution in [-0.4, -0.2) is 23.0 Å². The van der Waals surface area contributed by atoms with Gasteiger partial charge in [0.1, 0.15) is 17.2 Å². The van der Waals surface area contributed by atoms with Crippen molar-refractivity contribution in [1.82, 2.24) is 9.97 Å². The second kappa shape index (κ2) is 7.37. The fourth-order valence-corrected chi connectivity index (χ4v) is 3.54. The minimum atomic E-state index is -0.420. The lowest BCUT2D eigenvalue weighted by Crippen LogP contribution is -1.93.